The molecule has 0 spiro atoms. The van der Waals surface area contributed by atoms with Crippen LogP contribution in [-0.2, 0) is 0 Å². The molecule has 1 aliphatic carbocycles. The summed E-state index contributed by atoms with van der Waals surface area (Å²) in [6.07, 6.45) is 7.52. The summed E-state index contributed by atoms with van der Waals surface area (Å²) in [6, 6.07) is 6.19. The van der Waals surface area contributed by atoms with Crippen LogP contribution in [0.1, 0.15) is 44.1 Å². The van der Waals surface area contributed by atoms with Crippen molar-refractivity contribution in [2.24, 2.45) is 5.92 Å². The first-order valence-corrected chi connectivity index (χ1v) is 6.89. The second kappa shape index (κ2) is 4.38. The predicted molar refractivity (Wildman–Crippen MR) is 73.7 cm³/mol. The van der Waals surface area contributed by atoms with Crippen molar-refractivity contribution < 1.29 is 0 Å². The number of halogens is 1. The molecule has 1 aliphatic rings. The van der Waals surface area contributed by atoms with E-state index in [1.807, 2.05) is 12.1 Å². The summed E-state index contributed by atoms with van der Waals surface area (Å²) in [5.74, 6) is 1.62. The zero-order valence-electron chi connectivity index (χ0n) is 10.2. The Morgan fingerprint density at radius 1 is 1.18 bits per heavy atom. The Morgan fingerprint density at radius 3 is 2.71 bits per heavy atom. The van der Waals surface area contributed by atoms with Gasteiger partial charge in [-0.2, -0.15) is 0 Å². The number of rotatable bonds is 1. The van der Waals surface area contributed by atoms with Gasteiger partial charge in [-0.3, -0.25) is 0 Å². The SMILES string of the molecule is CC1CCC(c2c[nH]c3c(Cl)cccc23)CC1. The molecule has 0 amide bonds. The third-order valence-corrected chi connectivity index (χ3v) is 4.47. The molecule has 90 valence electrons. The molecule has 17 heavy (non-hydrogen) atoms. The Balaban J connectivity index is 1.98. The van der Waals surface area contributed by atoms with Crippen molar-refractivity contribution in [3.05, 3.63) is 35.0 Å². The number of aromatic nitrogens is 1. The van der Waals surface area contributed by atoms with E-state index in [1.165, 1.54) is 36.6 Å². The number of hydrogen-bond acceptors (Lipinski definition) is 0. The lowest BCUT2D eigenvalue weighted by Crippen LogP contribution is -2.10. The Kier molecular flexibility index (Phi) is 2.87. The molecule has 1 aromatic carbocycles. The molecule has 1 saturated carbocycles. The first-order valence-electron chi connectivity index (χ1n) is 6.51. The lowest BCUT2D eigenvalue weighted by molar-refractivity contribution is 0.349. The summed E-state index contributed by atoms with van der Waals surface area (Å²) in [4.78, 5) is 3.33. The Hall–Kier alpha value is -0.950. The molecule has 3 rings (SSSR count). The summed E-state index contributed by atoms with van der Waals surface area (Å²) >= 11 is 6.20. The molecule has 0 atom stereocenters. The number of para-hydroxylation sites is 1. The Labute approximate surface area is 107 Å². The van der Waals surface area contributed by atoms with Crippen LogP contribution >= 0.6 is 11.6 Å². The molecule has 1 heterocycles. The summed E-state index contributed by atoms with van der Waals surface area (Å²) in [5.41, 5.74) is 2.57. The molecular formula is C15H18ClN. The van der Waals surface area contributed by atoms with Crippen LogP contribution in [0.2, 0.25) is 5.02 Å². The van der Waals surface area contributed by atoms with Crippen LogP contribution in [0, 0.1) is 5.92 Å². The van der Waals surface area contributed by atoms with Gasteiger partial charge in [0.15, 0.2) is 0 Å². The van der Waals surface area contributed by atoms with Crippen LogP contribution in [0.4, 0.5) is 0 Å². The maximum Gasteiger partial charge on any atom is 0.0647 e. The van der Waals surface area contributed by atoms with Crippen molar-refractivity contribution in [1.29, 1.82) is 0 Å². The van der Waals surface area contributed by atoms with E-state index in [0.717, 1.165) is 22.4 Å². The van der Waals surface area contributed by atoms with Crippen LogP contribution in [0.3, 0.4) is 0 Å². The smallest absolute Gasteiger partial charge is 0.0647 e. The van der Waals surface area contributed by atoms with Crippen LogP contribution < -0.4 is 0 Å². The summed E-state index contributed by atoms with van der Waals surface area (Å²) in [7, 11) is 0. The Morgan fingerprint density at radius 2 is 1.94 bits per heavy atom. The minimum atomic E-state index is 0.721. The van der Waals surface area contributed by atoms with E-state index in [-0.39, 0.29) is 0 Å². The number of aromatic amines is 1. The number of hydrogen-bond donors (Lipinski definition) is 1. The summed E-state index contributed by atoms with van der Waals surface area (Å²) in [5, 5.41) is 2.15. The molecule has 0 radical (unpaired) electrons. The average Bonchev–Trinajstić information content (AvgIpc) is 2.75. The molecule has 2 aromatic rings. The molecule has 0 bridgehead atoms. The average molecular weight is 248 g/mol. The monoisotopic (exact) mass is 247 g/mol. The molecule has 1 fully saturated rings. The second-order valence-corrected chi connectivity index (χ2v) is 5.77. The standard InChI is InChI=1S/C15H18ClN/c1-10-5-7-11(8-6-10)13-9-17-15-12(13)3-2-4-14(15)16/h2-4,9-11,17H,5-8H2,1H3. The maximum absolute atomic E-state index is 6.20. The predicted octanol–water partition coefficient (Wildman–Crippen LogP) is 5.12. The fraction of sp³-hybridized carbons (Fsp3) is 0.467. The van der Waals surface area contributed by atoms with Gasteiger partial charge in [0.25, 0.3) is 0 Å². The van der Waals surface area contributed by atoms with E-state index < -0.39 is 0 Å². The van der Waals surface area contributed by atoms with Crippen molar-refractivity contribution in [3.8, 4) is 0 Å². The molecule has 0 unspecified atom stereocenters. The van der Waals surface area contributed by atoms with Crippen molar-refractivity contribution in [3.63, 3.8) is 0 Å². The zero-order chi connectivity index (χ0) is 11.8. The highest BCUT2D eigenvalue weighted by Gasteiger charge is 2.22. The zero-order valence-corrected chi connectivity index (χ0v) is 10.9. The molecule has 2 heteroatoms. The van der Waals surface area contributed by atoms with Gasteiger partial charge in [0.2, 0.25) is 0 Å². The first-order chi connectivity index (χ1) is 8.25. The van der Waals surface area contributed by atoms with Crippen LogP contribution in [-0.4, -0.2) is 4.98 Å². The quantitative estimate of drug-likeness (QED) is 0.720. The minimum Gasteiger partial charge on any atom is -0.360 e. The van der Waals surface area contributed by atoms with Crippen LogP contribution in [0.25, 0.3) is 10.9 Å². The molecular weight excluding hydrogens is 230 g/mol. The second-order valence-electron chi connectivity index (χ2n) is 5.36. The topological polar surface area (TPSA) is 15.8 Å². The first kappa shape index (κ1) is 11.2. The molecule has 0 aliphatic heterocycles. The number of benzene rings is 1. The highest BCUT2D eigenvalue weighted by molar-refractivity contribution is 6.35. The van der Waals surface area contributed by atoms with Crippen molar-refractivity contribution in [2.45, 2.75) is 38.5 Å². The largest absolute Gasteiger partial charge is 0.360 e. The normalized spacial score (nSPS) is 25.3. The fourth-order valence-electron chi connectivity index (χ4n) is 3.05. The van der Waals surface area contributed by atoms with E-state index in [2.05, 4.69) is 24.2 Å². The van der Waals surface area contributed by atoms with Crippen molar-refractivity contribution in [2.75, 3.05) is 0 Å². The van der Waals surface area contributed by atoms with Gasteiger partial charge >= 0.3 is 0 Å². The van der Waals surface area contributed by atoms with E-state index in [4.69, 9.17) is 11.6 Å². The molecule has 1 aromatic heterocycles. The summed E-state index contributed by atoms with van der Waals surface area (Å²) in [6.45, 7) is 2.36. The van der Waals surface area contributed by atoms with Gasteiger partial charge in [-0.1, -0.05) is 43.5 Å². The van der Waals surface area contributed by atoms with Crippen molar-refractivity contribution in [1.82, 2.24) is 4.98 Å². The highest BCUT2D eigenvalue weighted by atomic mass is 35.5. The van der Waals surface area contributed by atoms with Crippen LogP contribution in [0.15, 0.2) is 24.4 Å². The van der Waals surface area contributed by atoms with Gasteiger partial charge in [-0.05, 0) is 36.3 Å². The van der Waals surface area contributed by atoms with Crippen LogP contribution in [0.5, 0.6) is 0 Å². The van der Waals surface area contributed by atoms with Gasteiger partial charge < -0.3 is 4.98 Å². The number of H-pyrrole nitrogens is 1. The maximum atomic E-state index is 6.20. The highest BCUT2D eigenvalue weighted by Crippen LogP contribution is 2.39. The van der Waals surface area contributed by atoms with Gasteiger partial charge in [0, 0.05) is 11.6 Å². The van der Waals surface area contributed by atoms with Gasteiger partial charge in [-0.25, -0.2) is 0 Å². The number of nitrogens with one attached hydrogen (secondary N) is 1. The third kappa shape index (κ3) is 1.97. The van der Waals surface area contributed by atoms with Crippen molar-refractivity contribution >= 4 is 22.5 Å². The van der Waals surface area contributed by atoms with E-state index in [9.17, 15) is 0 Å². The Bertz CT molecular complexity index is 521. The van der Waals surface area contributed by atoms with Gasteiger partial charge in [-0.15, -0.1) is 0 Å². The lowest BCUT2D eigenvalue weighted by Gasteiger charge is -2.25. The molecule has 1 N–H and O–H groups in total. The van der Waals surface area contributed by atoms with Gasteiger partial charge in [0.05, 0.1) is 10.5 Å². The minimum absolute atomic E-state index is 0.721. The molecule has 0 saturated heterocycles. The van der Waals surface area contributed by atoms with E-state index in [1.54, 1.807) is 0 Å². The van der Waals surface area contributed by atoms with Gasteiger partial charge in [0.1, 0.15) is 0 Å². The van der Waals surface area contributed by atoms with E-state index in [0.29, 0.717) is 0 Å². The fourth-order valence-corrected chi connectivity index (χ4v) is 3.28. The number of fused-ring (bicyclic) bond motifs is 1. The lowest BCUT2D eigenvalue weighted by atomic mass is 9.79. The van der Waals surface area contributed by atoms with E-state index >= 15 is 0 Å². The molecule has 1 nitrogen and oxygen atoms in total. The summed E-state index contributed by atoms with van der Waals surface area (Å²) < 4.78 is 0. The third-order valence-electron chi connectivity index (χ3n) is 4.15.